The highest BCUT2D eigenvalue weighted by Gasteiger charge is 2.28. The Labute approximate surface area is 653 Å². The minimum Gasteiger partial charge on any atom is -0.497 e. The topological polar surface area (TPSA) is 122 Å². The first-order valence-electron chi connectivity index (χ1n) is 37.8. The van der Waals surface area contributed by atoms with E-state index in [1.807, 2.05) is 107 Å². The van der Waals surface area contributed by atoms with Crippen molar-refractivity contribution in [1.29, 1.82) is 0 Å². The molecule has 6 aromatic heterocycles. The predicted molar refractivity (Wildman–Crippen MR) is 457 cm³/mol. The largest absolute Gasteiger partial charge is 0.497 e. The summed E-state index contributed by atoms with van der Waals surface area (Å²) in [5, 5.41) is 24.2. The average Bonchev–Trinajstić information content (AvgIpc) is 1.63. The highest BCUT2D eigenvalue weighted by atomic mass is 16.5. The SMILES string of the molecule is C.[C-]#[N+]c1cc2c(-c3cccc(C)c3C)cn(-c3ccc(OC)cc3)c2cc1C.[C-]#[N+]c1cc2c(-c3cccc(C)c3C)cn(C3CCC(O)CC3)c2cc1C.[C-]#[N+]c1cc2c(-c3cncc(C)c3C)cn(-c3ccc(OC)cc3)c2cc1C.[C-]#[N+]c1cc2c(-c3cncc(C)c3C)cn(C3CCC(O)CC3)c2cc1C. The fraction of sp³-hybridized carbons (Fsp3) is 0.278. The van der Waals surface area contributed by atoms with Gasteiger partial charge in [0.2, 0.25) is 0 Å². The molecular weight excluding hydrogens is 1370 g/mol. The van der Waals surface area contributed by atoms with Gasteiger partial charge in [0, 0.05) is 117 Å². The zero-order chi connectivity index (χ0) is 77.9. The normalized spacial score (nSPS) is 15.2. The van der Waals surface area contributed by atoms with Crippen LogP contribution in [0, 0.1) is 109 Å². The van der Waals surface area contributed by atoms with Crippen molar-refractivity contribution < 1.29 is 19.7 Å². The second-order valence-electron chi connectivity index (χ2n) is 29.9. The van der Waals surface area contributed by atoms with Crippen molar-refractivity contribution in [2.75, 3.05) is 14.2 Å². The van der Waals surface area contributed by atoms with Crippen LogP contribution < -0.4 is 9.47 Å². The van der Waals surface area contributed by atoms with Gasteiger partial charge < -0.3 is 38.0 Å². The number of ether oxygens (including phenoxy) is 2. The van der Waals surface area contributed by atoms with Crippen molar-refractivity contribution >= 4 is 66.4 Å². The molecule has 14 heteroatoms. The minimum atomic E-state index is -0.166. The van der Waals surface area contributed by atoms with Gasteiger partial charge in [-0.1, -0.05) is 43.8 Å². The molecule has 2 N–H and O–H groups in total. The van der Waals surface area contributed by atoms with Crippen LogP contribution in [0.3, 0.4) is 0 Å². The van der Waals surface area contributed by atoms with E-state index in [4.69, 9.17) is 35.8 Å². The van der Waals surface area contributed by atoms with Crippen molar-refractivity contribution in [2.45, 2.75) is 166 Å². The number of nitrogens with zero attached hydrogens (tertiary/aromatic N) is 10. The zero-order valence-electron chi connectivity index (χ0n) is 65.5. The van der Waals surface area contributed by atoms with E-state index in [-0.39, 0.29) is 19.6 Å². The fourth-order valence-corrected chi connectivity index (χ4v) is 15.9. The monoisotopic (exact) mass is 1470 g/mol. The molecule has 0 saturated heterocycles. The number of aliphatic hydroxyl groups is 2. The molecule has 2 aliphatic rings. The second kappa shape index (κ2) is 33.3. The lowest BCUT2D eigenvalue weighted by Crippen LogP contribution is -2.20. The number of rotatable bonds is 10. The van der Waals surface area contributed by atoms with Crippen molar-refractivity contribution in [3.63, 3.8) is 0 Å². The van der Waals surface area contributed by atoms with Crippen LogP contribution in [0.4, 0.5) is 22.7 Å². The first-order valence-corrected chi connectivity index (χ1v) is 37.8. The third kappa shape index (κ3) is 15.6. The van der Waals surface area contributed by atoms with E-state index in [2.05, 4.69) is 207 Å². The third-order valence-electron chi connectivity index (χ3n) is 23.2. The first kappa shape index (κ1) is 78.3. The fourth-order valence-electron chi connectivity index (χ4n) is 15.9. The summed E-state index contributed by atoms with van der Waals surface area (Å²) < 4.78 is 19.7. The van der Waals surface area contributed by atoms with Gasteiger partial charge in [-0.25, -0.2) is 19.4 Å². The molecule has 14 nitrogen and oxygen atoms in total. The molecule has 560 valence electrons. The molecule has 6 heterocycles. The Bertz CT molecular complexity index is 5650. The summed E-state index contributed by atoms with van der Waals surface area (Å²) in [6.07, 6.45) is 23.5. The lowest BCUT2D eigenvalue weighted by molar-refractivity contribution is 0.111. The van der Waals surface area contributed by atoms with Gasteiger partial charge in [-0.05, 0) is 331 Å². The number of aliphatic hydroxyl groups excluding tert-OH is 2. The van der Waals surface area contributed by atoms with Gasteiger partial charge in [0.1, 0.15) is 11.5 Å². The summed E-state index contributed by atoms with van der Waals surface area (Å²) in [4.78, 5) is 23.7. The molecule has 8 aromatic carbocycles. The van der Waals surface area contributed by atoms with E-state index in [1.165, 1.54) is 66.7 Å². The molecule has 0 radical (unpaired) electrons. The van der Waals surface area contributed by atoms with Gasteiger partial charge in [-0.3, -0.25) is 9.97 Å². The van der Waals surface area contributed by atoms with E-state index in [0.717, 1.165) is 168 Å². The first-order chi connectivity index (χ1) is 53.0. The Kier molecular flexibility index (Phi) is 23.5. The number of hydrogen-bond acceptors (Lipinski definition) is 6. The molecule has 14 aromatic rings. The predicted octanol–water partition coefficient (Wildman–Crippen LogP) is 25.5. The zero-order valence-corrected chi connectivity index (χ0v) is 65.5. The molecule has 0 spiro atoms. The summed E-state index contributed by atoms with van der Waals surface area (Å²) in [5.41, 5.74) is 32.6. The Morgan fingerprint density at radius 1 is 0.333 bits per heavy atom. The van der Waals surface area contributed by atoms with Crippen molar-refractivity contribution in [1.82, 2.24) is 28.2 Å². The van der Waals surface area contributed by atoms with Crippen molar-refractivity contribution in [3.05, 3.63) is 295 Å². The minimum absolute atomic E-state index is 0. The molecule has 2 saturated carbocycles. The van der Waals surface area contributed by atoms with Gasteiger partial charge in [-0.15, -0.1) is 0 Å². The smallest absolute Gasteiger partial charge is 0.190 e. The number of fused-ring (bicyclic) bond motifs is 4. The highest BCUT2D eigenvalue weighted by Crippen LogP contribution is 2.46. The molecule has 111 heavy (non-hydrogen) atoms. The van der Waals surface area contributed by atoms with Crippen LogP contribution in [0.1, 0.15) is 138 Å². The number of aryl methyl sites for hydroxylation is 8. The summed E-state index contributed by atoms with van der Waals surface area (Å²) in [7, 11) is 3.34. The van der Waals surface area contributed by atoms with E-state index >= 15 is 0 Å². The average molecular weight is 1470 g/mol. The molecule has 0 unspecified atom stereocenters. The maximum Gasteiger partial charge on any atom is 0.190 e. The van der Waals surface area contributed by atoms with Crippen LogP contribution >= 0.6 is 0 Å². The Morgan fingerprint density at radius 3 is 0.964 bits per heavy atom. The molecule has 16 rings (SSSR count). The molecule has 0 amide bonds. The summed E-state index contributed by atoms with van der Waals surface area (Å²) in [6, 6.07) is 46.3. The number of hydrogen-bond donors (Lipinski definition) is 2. The lowest BCUT2D eigenvalue weighted by atomic mass is 9.93. The molecule has 2 aliphatic carbocycles. The van der Waals surface area contributed by atoms with Crippen LogP contribution in [0.2, 0.25) is 0 Å². The maximum atomic E-state index is 9.91. The molecule has 2 fully saturated rings. The molecule has 0 atom stereocenters. The number of benzene rings is 8. The van der Waals surface area contributed by atoms with Gasteiger partial charge in [0.15, 0.2) is 22.7 Å². The van der Waals surface area contributed by atoms with Crippen LogP contribution in [-0.4, -0.2) is 64.9 Å². The quantitative estimate of drug-likeness (QED) is 0.132. The standard InChI is InChI=1S/C25H22N2O.C24H21N3O.C24H26N2O.C23H25N3O.CH4/c1-16-7-6-8-21(18(16)3)23-15-27(19-9-11-20(28-5)12-10-19)25-13-17(2)24(26-4)14-22(23)25;1-15-10-24-20(11-23(15)25-4)22(21-13-26-12-16(2)17(21)3)14-27(24)18-6-8-19(28-5)9-7-18;1-15-6-5-7-20(17(15)3)22-14-26(18-8-10-19(27)11-9-18)24-12-16(2)23(25-4)13-21(22)24;1-14-9-23-19(10-22(14)24-4)21(20-12-25-11-15(2)16(20)3)13-26(23)17-5-7-18(27)8-6-17;/h6-15H,1-3,5H3;6-14H,1-3,5H3;5-7,12-14,18-19,27H,8-11H2,1-3H3;9-13,17-18,27H,5-8H2,1-3H3;1H4. The van der Waals surface area contributed by atoms with Crippen LogP contribution in [0.5, 0.6) is 11.5 Å². The van der Waals surface area contributed by atoms with Crippen LogP contribution in [0.15, 0.2) is 183 Å². The van der Waals surface area contributed by atoms with E-state index in [9.17, 15) is 10.2 Å². The number of aromatic nitrogens is 6. The Balaban J connectivity index is 0.000000137. The second-order valence-corrected chi connectivity index (χ2v) is 29.9. The number of methoxy groups -OCH3 is 2. The Hall–Kier alpha value is -12.3. The van der Waals surface area contributed by atoms with Gasteiger partial charge in [0.05, 0.1) is 63.7 Å². The summed E-state index contributed by atoms with van der Waals surface area (Å²) in [6.45, 7) is 55.1. The third-order valence-corrected chi connectivity index (χ3v) is 23.2. The van der Waals surface area contributed by atoms with Crippen molar-refractivity contribution in [2.24, 2.45) is 0 Å². The molecular formula is C97H98N10O4. The van der Waals surface area contributed by atoms with E-state index in [0.29, 0.717) is 29.1 Å². The van der Waals surface area contributed by atoms with Crippen LogP contribution in [0.25, 0.3) is 119 Å². The number of pyridine rings is 2. The molecule has 0 bridgehead atoms. The molecule has 0 aliphatic heterocycles. The maximum absolute atomic E-state index is 9.91. The van der Waals surface area contributed by atoms with Gasteiger partial charge in [0.25, 0.3) is 0 Å². The lowest BCUT2D eigenvalue weighted by Gasteiger charge is -2.27. The summed E-state index contributed by atoms with van der Waals surface area (Å²) in [5.74, 6) is 1.66. The van der Waals surface area contributed by atoms with Gasteiger partial charge in [-0.2, -0.15) is 0 Å². The van der Waals surface area contributed by atoms with E-state index < -0.39 is 0 Å². The van der Waals surface area contributed by atoms with Gasteiger partial charge >= 0.3 is 0 Å². The summed E-state index contributed by atoms with van der Waals surface area (Å²) >= 11 is 0. The Morgan fingerprint density at radius 2 is 0.631 bits per heavy atom. The van der Waals surface area contributed by atoms with Crippen molar-refractivity contribution in [3.8, 4) is 67.4 Å². The highest BCUT2D eigenvalue weighted by molar-refractivity contribution is 6.04. The van der Waals surface area contributed by atoms with Crippen LogP contribution in [-0.2, 0) is 0 Å². The van der Waals surface area contributed by atoms with E-state index in [1.54, 1.807) is 14.2 Å².